The Morgan fingerprint density at radius 2 is 1.73 bits per heavy atom. The molecule has 0 saturated heterocycles. The van der Waals surface area contributed by atoms with Crippen LogP contribution in [0.15, 0.2) is 0 Å². The maximum atomic E-state index is 12.2. The summed E-state index contributed by atoms with van der Waals surface area (Å²) >= 11 is 3.03. The van der Waals surface area contributed by atoms with Gasteiger partial charge in [-0.1, -0.05) is 36.7 Å². The van der Waals surface area contributed by atoms with Gasteiger partial charge in [0.15, 0.2) is 0 Å². The van der Waals surface area contributed by atoms with E-state index in [-0.39, 0.29) is 6.54 Å². The van der Waals surface area contributed by atoms with Gasteiger partial charge in [-0.2, -0.15) is 13.2 Å². The van der Waals surface area contributed by atoms with Crippen molar-refractivity contribution in [3.8, 4) is 0 Å². The number of nitrogens with zero attached hydrogens (tertiary/aromatic N) is 1. The average molecular weight is 290 g/mol. The lowest BCUT2D eigenvalue weighted by Gasteiger charge is -2.29. The molecule has 0 unspecified atom stereocenters. The van der Waals surface area contributed by atoms with E-state index in [1.54, 1.807) is 20.8 Å². The molecular formula is C9H15BrF3NO. The molecule has 0 atom stereocenters. The van der Waals surface area contributed by atoms with Crippen molar-refractivity contribution >= 4 is 21.8 Å². The van der Waals surface area contributed by atoms with E-state index in [2.05, 4.69) is 15.9 Å². The molecule has 0 aliphatic heterocycles. The number of halogens is 4. The maximum absolute atomic E-state index is 12.2. The average Bonchev–Trinajstić information content (AvgIpc) is 1.98. The second-order valence-corrected chi connectivity index (χ2v) is 5.07. The second-order valence-electron chi connectivity index (χ2n) is 4.28. The lowest BCUT2D eigenvalue weighted by molar-refractivity contribution is -0.165. The normalized spacial score (nSPS) is 12.7. The first-order valence-corrected chi connectivity index (χ1v) is 5.62. The van der Waals surface area contributed by atoms with Crippen LogP contribution < -0.4 is 0 Å². The fourth-order valence-corrected chi connectivity index (χ4v) is 1.47. The summed E-state index contributed by atoms with van der Waals surface area (Å²) in [6, 6.07) is 0. The van der Waals surface area contributed by atoms with Crippen LogP contribution in [-0.4, -0.2) is 35.4 Å². The number of alkyl halides is 4. The fourth-order valence-electron chi connectivity index (χ4n) is 1.05. The highest BCUT2D eigenvalue weighted by molar-refractivity contribution is 9.09. The topological polar surface area (TPSA) is 20.3 Å². The summed E-state index contributed by atoms with van der Waals surface area (Å²) in [4.78, 5) is 12.5. The molecule has 0 aromatic carbocycles. The molecule has 0 heterocycles. The first kappa shape index (κ1) is 14.7. The summed E-state index contributed by atoms with van der Waals surface area (Å²) in [6.07, 6.45) is -4.34. The molecule has 0 bridgehead atoms. The molecule has 0 aromatic rings. The van der Waals surface area contributed by atoms with E-state index in [9.17, 15) is 18.0 Å². The smallest absolute Gasteiger partial charge is 0.332 e. The van der Waals surface area contributed by atoms with Crippen molar-refractivity contribution in [2.45, 2.75) is 26.9 Å². The van der Waals surface area contributed by atoms with Crippen molar-refractivity contribution in [3.05, 3.63) is 0 Å². The van der Waals surface area contributed by atoms with Crippen LogP contribution in [0.3, 0.4) is 0 Å². The van der Waals surface area contributed by atoms with Crippen LogP contribution in [0.4, 0.5) is 13.2 Å². The van der Waals surface area contributed by atoms with Crippen molar-refractivity contribution in [2.24, 2.45) is 5.41 Å². The maximum Gasteiger partial charge on any atom is 0.406 e. The van der Waals surface area contributed by atoms with Gasteiger partial charge in [0.1, 0.15) is 6.54 Å². The van der Waals surface area contributed by atoms with Gasteiger partial charge in [0.25, 0.3) is 0 Å². The Morgan fingerprint density at radius 3 is 2.00 bits per heavy atom. The minimum atomic E-state index is -4.34. The summed E-state index contributed by atoms with van der Waals surface area (Å²) in [7, 11) is 0. The minimum absolute atomic E-state index is 0.0651. The fraction of sp³-hybridized carbons (Fsp3) is 0.889. The molecule has 0 saturated carbocycles. The molecule has 2 nitrogen and oxygen atoms in total. The number of hydrogen-bond donors (Lipinski definition) is 0. The van der Waals surface area contributed by atoms with Gasteiger partial charge in [-0.3, -0.25) is 4.79 Å². The zero-order chi connectivity index (χ0) is 12.3. The molecule has 0 aromatic heterocycles. The van der Waals surface area contributed by atoms with E-state index in [1.165, 1.54) is 0 Å². The molecule has 15 heavy (non-hydrogen) atoms. The molecule has 0 radical (unpaired) electrons. The first-order chi connectivity index (χ1) is 6.58. The van der Waals surface area contributed by atoms with Crippen molar-refractivity contribution < 1.29 is 18.0 Å². The quantitative estimate of drug-likeness (QED) is 0.732. The molecular weight excluding hydrogens is 275 g/mol. The zero-order valence-corrected chi connectivity index (χ0v) is 10.6. The largest absolute Gasteiger partial charge is 0.406 e. The Labute approximate surface area is 95.9 Å². The van der Waals surface area contributed by atoms with Gasteiger partial charge < -0.3 is 4.90 Å². The van der Waals surface area contributed by atoms with Gasteiger partial charge in [-0.05, 0) is 0 Å². The van der Waals surface area contributed by atoms with Gasteiger partial charge in [0.2, 0.25) is 5.91 Å². The Bertz CT molecular complexity index is 222. The van der Waals surface area contributed by atoms with Gasteiger partial charge in [0.05, 0.1) is 0 Å². The number of carbonyl (C=O) groups is 1. The molecule has 0 rings (SSSR count). The number of amides is 1. The molecule has 1 amide bonds. The summed E-state index contributed by atoms with van der Waals surface area (Å²) in [5, 5.41) is 0.338. The predicted molar refractivity (Wildman–Crippen MR) is 55.9 cm³/mol. The van der Waals surface area contributed by atoms with Gasteiger partial charge in [-0.25, -0.2) is 0 Å². The molecule has 6 heteroatoms. The SMILES string of the molecule is CC(C)(C)C(=O)N(CCBr)CC(F)(F)F. The van der Waals surface area contributed by atoms with Crippen molar-refractivity contribution in [1.82, 2.24) is 4.90 Å². The van der Waals surface area contributed by atoms with E-state index < -0.39 is 24.0 Å². The first-order valence-electron chi connectivity index (χ1n) is 4.50. The number of carbonyl (C=O) groups excluding carboxylic acids is 1. The third-order valence-corrected chi connectivity index (χ3v) is 2.01. The number of hydrogen-bond acceptors (Lipinski definition) is 1. The zero-order valence-electron chi connectivity index (χ0n) is 8.99. The highest BCUT2D eigenvalue weighted by Gasteiger charge is 2.36. The third-order valence-electron chi connectivity index (χ3n) is 1.65. The highest BCUT2D eigenvalue weighted by atomic mass is 79.9. The third kappa shape index (κ3) is 6.02. The van der Waals surface area contributed by atoms with Gasteiger partial charge in [-0.15, -0.1) is 0 Å². The summed E-state index contributed by atoms with van der Waals surface area (Å²) in [5.41, 5.74) is -0.784. The van der Waals surface area contributed by atoms with Crippen molar-refractivity contribution in [2.75, 3.05) is 18.4 Å². The summed E-state index contributed by atoms with van der Waals surface area (Å²) in [6.45, 7) is 3.69. The molecule has 0 N–H and O–H groups in total. The van der Waals surface area contributed by atoms with E-state index in [0.29, 0.717) is 5.33 Å². The van der Waals surface area contributed by atoms with Crippen LogP contribution in [0.25, 0.3) is 0 Å². The van der Waals surface area contributed by atoms with Crippen LogP contribution in [0.2, 0.25) is 0 Å². The van der Waals surface area contributed by atoms with E-state index in [0.717, 1.165) is 4.90 Å². The lowest BCUT2D eigenvalue weighted by atomic mass is 9.95. The number of rotatable bonds is 3. The van der Waals surface area contributed by atoms with E-state index in [4.69, 9.17) is 0 Å². The molecule has 90 valence electrons. The minimum Gasteiger partial charge on any atom is -0.332 e. The van der Waals surface area contributed by atoms with Crippen LogP contribution in [0.5, 0.6) is 0 Å². The standard InChI is InChI=1S/C9H15BrF3NO/c1-8(2,3)7(15)14(5-4-10)6-9(11,12)13/h4-6H2,1-3H3. The van der Waals surface area contributed by atoms with Gasteiger partial charge in [0, 0.05) is 17.3 Å². The predicted octanol–water partition coefficient (Wildman–Crippen LogP) is 2.82. The van der Waals surface area contributed by atoms with Crippen molar-refractivity contribution in [3.63, 3.8) is 0 Å². The molecule has 0 fully saturated rings. The van der Waals surface area contributed by atoms with Crippen LogP contribution >= 0.6 is 15.9 Å². The molecule has 0 spiro atoms. The Kier molecular flexibility index (Phi) is 5.09. The lowest BCUT2D eigenvalue weighted by Crippen LogP contribution is -2.45. The van der Waals surface area contributed by atoms with E-state index in [1.807, 2.05) is 0 Å². The van der Waals surface area contributed by atoms with Crippen LogP contribution in [0.1, 0.15) is 20.8 Å². The monoisotopic (exact) mass is 289 g/mol. The molecule has 0 aliphatic rings. The Balaban J connectivity index is 4.60. The van der Waals surface area contributed by atoms with Gasteiger partial charge >= 0.3 is 6.18 Å². The second kappa shape index (κ2) is 5.18. The summed E-state index contributed by atoms with van der Waals surface area (Å²) in [5.74, 6) is -0.487. The molecule has 0 aliphatic carbocycles. The Hall–Kier alpha value is -0.260. The van der Waals surface area contributed by atoms with Crippen molar-refractivity contribution in [1.29, 1.82) is 0 Å². The van der Waals surface area contributed by atoms with Crippen LogP contribution in [-0.2, 0) is 4.79 Å². The highest BCUT2D eigenvalue weighted by Crippen LogP contribution is 2.22. The summed E-state index contributed by atoms with van der Waals surface area (Å²) < 4.78 is 36.5. The van der Waals surface area contributed by atoms with E-state index >= 15 is 0 Å². The van der Waals surface area contributed by atoms with Crippen LogP contribution in [0, 0.1) is 5.41 Å². The Morgan fingerprint density at radius 1 is 1.27 bits per heavy atom.